The molecule has 0 atom stereocenters. The van der Waals surface area contributed by atoms with Gasteiger partial charge >= 0.3 is 0 Å². The fourth-order valence-electron chi connectivity index (χ4n) is 3.32. The van der Waals surface area contributed by atoms with Crippen molar-refractivity contribution in [2.24, 2.45) is 0 Å². The molecular formula is C21H24N4OS2. The van der Waals surface area contributed by atoms with Crippen LogP contribution in [0.3, 0.4) is 0 Å². The standard InChI is InChI=1S/C21H24N4OS2/c1-2-24-11-13-25(14-12-24)17-9-7-16(8-10-17)22-20(26)15-27-21-23-18-5-3-4-6-19(18)28-21/h3-10H,2,11-15H2,1H3,(H,22,26). The summed E-state index contributed by atoms with van der Waals surface area (Å²) in [5, 5.41) is 2.98. The molecule has 2 aromatic carbocycles. The number of aromatic nitrogens is 1. The van der Waals surface area contributed by atoms with Crippen LogP contribution in [0.4, 0.5) is 11.4 Å². The molecule has 1 saturated heterocycles. The Morgan fingerprint density at radius 3 is 2.57 bits per heavy atom. The van der Waals surface area contributed by atoms with Gasteiger partial charge in [0.05, 0.1) is 16.0 Å². The monoisotopic (exact) mass is 412 g/mol. The van der Waals surface area contributed by atoms with E-state index < -0.39 is 0 Å². The maximum atomic E-state index is 12.3. The highest BCUT2D eigenvalue weighted by atomic mass is 32.2. The van der Waals surface area contributed by atoms with E-state index in [0.717, 1.165) is 53.0 Å². The van der Waals surface area contributed by atoms with Crippen molar-refractivity contribution >= 4 is 50.6 Å². The molecule has 1 aliphatic rings. The molecule has 5 nitrogen and oxygen atoms in total. The van der Waals surface area contributed by atoms with Crippen LogP contribution in [0.15, 0.2) is 52.9 Å². The van der Waals surface area contributed by atoms with Crippen LogP contribution in [0, 0.1) is 0 Å². The first-order valence-electron chi connectivity index (χ1n) is 9.57. The van der Waals surface area contributed by atoms with Crippen molar-refractivity contribution in [3.05, 3.63) is 48.5 Å². The Labute approximate surface area is 173 Å². The van der Waals surface area contributed by atoms with Crippen molar-refractivity contribution in [2.45, 2.75) is 11.3 Å². The van der Waals surface area contributed by atoms with Crippen LogP contribution in [0.1, 0.15) is 6.92 Å². The highest BCUT2D eigenvalue weighted by molar-refractivity contribution is 8.01. The second-order valence-corrected chi connectivity index (χ2v) is 9.01. The fourth-order valence-corrected chi connectivity index (χ4v) is 5.18. The number of rotatable bonds is 6. The number of thioether (sulfide) groups is 1. The molecule has 1 amide bonds. The van der Waals surface area contributed by atoms with E-state index in [1.807, 2.05) is 30.3 Å². The predicted octanol–water partition coefficient (Wildman–Crippen LogP) is 4.17. The molecule has 1 N–H and O–H groups in total. The highest BCUT2D eigenvalue weighted by Gasteiger charge is 2.15. The van der Waals surface area contributed by atoms with Crippen molar-refractivity contribution in [3.8, 4) is 0 Å². The molecule has 28 heavy (non-hydrogen) atoms. The SMILES string of the molecule is CCN1CCN(c2ccc(NC(=O)CSc3nc4ccccc4s3)cc2)CC1. The minimum atomic E-state index is -0.00596. The lowest BCUT2D eigenvalue weighted by molar-refractivity contribution is -0.113. The highest BCUT2D eigenvalue weighted by Crippen LogP contribution is 2.29. The number of benzene rings is 2. The van der Waals surface area contributed by atoms with Gasteiger partial charge in [0.15, 0.2) is 4.34 Å². The number of anilines is 2. The zero-order valence-corrected chi connectivity index (χ0v) is 17.6. The summed E-state index contributed by atoms with van der Waals surface area (Å²) in [6.07, 6.45) is 0. The van der Waals surface area contributed by atoms with Gasteiger partial charge in [0, 0.05) is 37.6 Å². The minimum absolute atomic E-state index is 0.00596. The summed E-state index contributed by atoms with van der Waals surface area (Å²) >= 11 is 3.11. The molecule has 4 rings (SSSR count). The van der Waals surface area contributed by atoms with Gasteiger partial charge in [-0.05, 0) is 42.9 Å². The number of hydrogen-bond donors (Lipinski definition) is 1. The van der Waals surface area contributed by atoms with Crippen LogP contribution in [-0.4, -0.2) is 54.3 Å². The number of carbonyl (C=O) groups excluding carboxylic acids is 1. The van der Waals surface area contributed by atoms with E-state index in [4.69, 9.17) is 0 Å². The van der Waals surface area contributed by atoms with Gasteiger partial charge in [-0.2, -0.15) is 0 Å². The third kappa shape index (κ3) is 4.66. The number of thiazole rings is 1. The molecule has 0 aliphatic carbocycles. The van der Waals surface area contributed by atoms with Crippen molar-refractivity contribution in [1.29, 1.82) is 0 Å². The lowest BCUT2D eigenvalue weighted by atomic mass is 10.2. The molecule has 1 fully saturated rings. The number of nitrogens with zero attached hydrogens (tertiary/aromatic N) is 3. The lowest BCUT2D eigenvalue weighted by Gasteiger charge is -2.35. The van der Waals surface area contributed by atoms with Crippen LogP contribution in [-0.2, 0) is 4.79 Å². The predicted molar refractivity (Wildman–Crippen MR) is 120 cm³/mol. The summed E-state index contributed by atoms with van der Waals surface area (Å²) < 4.78 is 2.08. The molecule has 3 aromatic rings. The number of carbonyl (C=O) groups is 1. The number of piperazine rings is 1. The third-order valence-corrected chi connectivity index (χ3v) is 7.12. The average Bonchev–Trinajstić information content (AvgIpc) is 3.16. The van der Waals surface area contributed by atoms with Gasteiger partial charge in [0.25, 0.3) is 0 Å². The third-order valence-electron chi connectivity index (χ3n) is 4.94. The molecule has 0 radical (unpaired) electrons. The van der Waals surface area contributed by atoms with Crippen molar-refractivity contribution in [2.75, 3.05) is 48.7 Å². The van der Waals surface area contributed by atoms with Gasteiger partial charge in [0.1, 0.15) is 0 Å². The van der Waals surface area contributed by atoms with Crippen LogP contribution in [0.2, 0.25) is 0 Å². The van der Waals surface area contributed by atoms with Crippen molar-refractivity contribution < 1.29 is 4.79 Å². The largest absolute Gasteiger partial charge is 0.369 e. The molecule has 7 heteroatoms. The van der Waals surface area contributed by atoms with Gasteiger partial charge < -0.3 is 15.1 Å². The van der Waals surface area contributed by atoms with Gasteiger partial charge in [-0.3, -0.25) is 4.79 Å². The molecule has 0 saturated carbocycles. The van der Waals surface area contributed by atoms with Crippen LogP contribution >= 0.6 is 23.1 Å². The van der Waals surface area contributed by atoms with E-state index in [1.54, 1.807) is 11.3 Å². The molecule has 2 heterocycles. The van der Waals surface area contributed by atoms with Crippen LogP contribution in [0.25, 0.3) is 10.2 Å². The van der Waals surface area contributed by atoms with Crippen LogP contribution in [0.5, 0.6) is 0 Å². The lowest BCUT2D eigenvalue weighted by Crippen LogP contribution is -2.46. The first-order chi connectivity index (χ1) is 13.7. The summed E-state index contributed by atoms with van der Waals surface area (Å²) in [5.41, 5.74) is 3.05. The average molecular weight is 413 g/mol. The normalized spacial score (nSPS) is 15.1. The Hall–Kier alpha value is -2.09. The molecule has 1 aliphatic heterocycles. The first-order valence-corrected chi connectivity index (χ1v) is 11.4. The molecule has 0 bridgehead atoms. The van der Waals surface area contributed by atoms with E-state index in [0.29, 0.717) is 5.75 Å². The van der Waals surface area contributed by atoms with Crippen molar-refractivity contribution in [1.82, 2.24) is 9.88 Å². The Balaban J connectivity index is 1.28. The number of fused-ring (bicyclic) bond motifs is 1. The minimum Gasteiger partial charge on any atom is -0.369 e. The Bertz CT molecular complexity index is 900. The maximum absolute atomic E-state index is 12.3. The van der Waals surface area contributed by atoms with E-state index in [2.05, 4.69) is 45.2 Å². The van der Waals surface area contributed by atoms with Crippen LogP contribution < -0.4 is 10.2 Å². The van der Waals surface area contributed by atoms with Gasteiger partial charge in [-0.25, -0.2) is 4.98 Å². The molecule has 0 unspecified atom stereocenters. The molecular weight excluding hydrogens is 388 g/mol. The zero-order chi connectivity index (χ0) is 19.3. The second-order valence-electron chi connectivity index (χ2n) is 6.75. The molecule has 146 valence electrons. The quantitative estimate of drug-likeness (QED) is 0.616. The van der Waals surface area contributed by atoms with Crippen molar-refractivity contribution in [3.63, 3.8) is 0 Å². The summed E-state index contributed by atoms with van der Waals surface area (Å²) in [7, 11) is 0. The fraction of sp³-hybridized carbons (Fsp3) is 0.333. The number of likely N-dealkylation sites (N-methyl/N-ethyl adjacent to an activating group) is 1. The summed E-state index contributed by atoms with van der Waals surface area (Å²) in [4.78, 5) is 21.7. The van der Waals surface area contributed by atoms with E-state index >= 15 is 0 Å². The summed E-state index contributed by atoms with van der Waals surface area (Å²) in [6.45, 7) is 7.66. The second kappa shape index (κ2) is 8.94. The topological polar surface area (TPSA) is 48.5 Å². The van der Waals surface area contributed by atoms with Gasteiger partial charge in [-0.1, -0.05) is 30.8 Å². The van der Waals surface area contributed by atoms with E-state index in [-0.39, 0.29) is 5.91 Å². The van der Waals surface area contributed by atoms with Gasteiger partial charge in [0.2, 0.25) is 5.91 Å². The number of hydrogen-bond acceptors (Lipinski definition) is 6. The number of amides is 1. The number of nitrogens with one attached hydrogen (secondary N) is 1. The Kier molecular flexibility index (Phi) is 6.14. The molecule has 0 spiro atoms. The first kappa shape index (κ1) is 19.2. The zero-order valence-electron chi connectivity index (χ0n) is 15.9. The molecule has 1 aromatic heterocycles. The maximum Gasteiger partial charge on any atom is 0.234 e. The summed E-state index contributed by atoms with van der Waals surface area (Å²) in [5.74, 6) is 0.356. The van der Waals surface area contributed by atoms with E-state index in [1.165, 1.54) is 17.4 Å². The van der Waals surface area contributed by atoms with E-state index in [9.17, 15) is 4.79 Å². The Morgan fingerprint density at radius 1 is 1.11 bits per heavy atom. The summed E-state index contributed by atoms with van der Waals surface area (Å²) in [6, 6.07) is 16.2. The number of para-hydroxylation sites is 1. The van der Waals surface area contributed by atoms with Gasteiger partial charge in [-0.15, -0.1) is 11.3 Å². The Morgan fingerprint density at radius 2 is 1.86 bits per heavy atom. The smallest absolute Gasteiger partial charge is 0.234 e.